The zero-order valence-corrected chi connectivity index (χ0v) is 12.3. The molecular formula is C13H17BrN4. The standard InChI is InChI=1S/C13H17BrN4/c1-17(2)12-3-5-18(6-4-12)13-10(8-15)7-11(14)9-16-13/h7,9,12H,3-6H2,1-2H3. The lowest BCUT2D eigenvalue weighted by atomic mass is 10.0. The molecule has 1 aliphatic heterocycles. The molecule has 2 rings (SSSR count). The summed E-state index contributed by atoms with van der Waals surface area (Å²) in [4.78, 5) is 8.87. The Morgan fingerprint density at radius 3 is 2.67 bits per heavy atom. The number of pyridine rings is 1. The molecule has 1 aromatic rings. The molecule has 0 aliphatic carbocycles. The molecule has 0 aromatic carbocycles. The Morgan fingerprint density at radius 2 is 2.11 bits per heavy atom. The Morgan fingerprint density at radius 1 is 1.44 bits per heavy atom. The SMILES string of the molecule is CN(C)C1CCN(c2ncc(Br)cc2C#N)CC1. The fraction of sp³-hybridized carbons (Fsp3) is 0.538. The van der Waals surface area contributed by atoms with E-state index < -0.39 is 0 Å². The highest BCUT2D eigenvalue weighted by Gasteiger charge is 2.23. The predicted molar refractivity (Wildman–Crippen MR) is 75.6 cm³/mol. The number of piperidine rings is 1. The normalized spacial score (nSPS) is 16.9. The van der Waals surface area contributed by atoms with E-state index >= 15 is 0 Å². The van der Waals surface area contributed by atoms with Crippen LogP contribution in [0.2, 0.25) is 0 Å². The molecule has 1 aromatic heterocycles. The van der Waals surface area contributed by atoms with E-state index in [2.05, 4.69) is 50.9 Å². The fourth-order valence-corrected chi connectivity index (χ4v) is 2.69. The first-order valence-corrected chi connectivity index (χ1v) is 6.88. The molecule has 96 valence electrons. The van der Waals surface area contributed by atoms with E-state index in [1.54, 1.807) is 6.20 Å². The van der Waals surface area contributed by atoms with E-state index in [0.29, 0.717) is 11.6 Å². The van der Waals surface area contributed by atoms with Crippen molar-refractivity contribution >= 4 is 21.7 Å². The van der Waals surface area contributed by atoms with E-state index in [-0.39, 0.29) is 0 Å². The maximum atomic E-state index is 9.17. The first-order valence-electron chi connectivity index (χ1n) is 6.09. The van der Waals surface area contributed by atoms with Crippen LogP contribution in [0.5, 0.6) is 0 Å². The lowest BCUT2D eigenvalue weighted by Gasteiger charge is -2.36. The van der Waals surface area contributed by atoms with Crippen LogP contribution in [-0.2, 0) is 0 Å². The van der Waals surface area contributed by atoms with Crippen LogP contribution >= 0.6 is 15.9 Å². The molecule has 0 bridgehead atoms. The predicted octanol–water partition coefficient (Wildman–Crippen LogP) is 2.25. The molecule has 4 nitrogen and oxygen atoms in total. The molecule has 1 aliphatic rings. The molecule has 0 atom stereocenters. The van der Waals surface area contributed by atoms with Crippen LogP contribution in [-0.4, -0.2) is 43.1 Å². The maximum Gasteiger partial charge on any atom is 0.146 e. The van der Waals surface area contributed by atoms with Crippen LogP contribution in [0, 0.1) is 11.3 Å². The summed E-state index contributed by atoms with van der Waals surface area (Å²) in [5.74, 6) is 0.818. The summed E-state index contributed by atoms with van der Waals surface area (Å²) in [5, 5.41) is 9.17. The van der Waals surface area contributed by atoms with E-state index in [9.17, 15) is 0 Å². The summed E-state index contributed by atoms with van der Waals surface area (Å²) >= 11 is 3.35. The van der Waals surface area contributed by atoms with Crippen LogP contribution < -0.4 is 4.90 Å². The zero-order valence-electron chi connectivity index (χ0n) is 10.7. The average molecular weight is 309 g/mol. The molecule has 1 saturated heterocycles. The molecule has 0 spiro atoms. The monoisotopic (exact) mass is 308 g/mol. The van der Waals surface area contributed by atoms with Gasteiger partial charge in [0, 0.05) is 29.8 Å². The molecule has 0 unspecified atom stereocenters. The Hall–Kier alpha value is -1.12. The molecular weight excluding hydrogens is 292 g/mol. The van der Waals surface area contributed by atoms with Gasteiger partial charge in [-0.3, -0.25) is 0 Å². The second-order valence-corrected chi connectivity index (χ2v) is 5.73. The van der Waals surface area contributed by atoms with Gasteiger partial charge in [0.2, 0.25) is 0 Å². The number of hydrogen-bond donors (Lipinski definition) is 0. The van der Waals surface area contributed by atoms with E-state index in [0.717, 1.165) is 36.2 Å². The molecule has 0 radical (unpaired) electrons. The van der Waals surface area contributed by atoms with Crippen molar-refractivity contribution in [1.82, 2.24) is 9.88 Å². The van der Waals surface area contributed by atoms with E-state index in [1.807, 2.05) is 6.07 Å². The van der Waals surface area contributed by atoms with Crippen molar-refractivity contribution in [3.8, 4) is 6.07 Å². The minimum absolute atomic E-state index is 0.641. The van der Waals surface area contributed by atoms with Gasteiger partial charge in [0.25, 0.3) is 0 Å². The molecule has 0 amide bonds. The van der Waals surface area contributed by atoms with Gasteiger partial charge in [-0.05, 0) is 48.9 Å². The van der Waals surface area contributed by atoms with Gasteiger partial charge in [-0.2, -0.15) is 5.26 Å². The van der Waals surface area contributed by atoms with Gasteiger partial charge in [-0.25, -0.2) is 4.98 Å². The van der Waals surface area contributed by atoms with Crippen molar-refractivity contribution in [1.29, 1.82) is 5.26 Å². The molecule has 0 saturated carbocycles. The zero-order chi connectivity index (χ0) is 13.1. The highest BCUT2D eigenvalue weighted by molar-refractivity contribution is 9.10. The van der Waals surface area contributed by atoms with Crippen molar-refractivity contribution in [2.24, 2.45) is 0 Å². The topological polar surface area (TPSA) is 43.2 Å². The lowest BCUT2D eigenvalue weighted by Crippen LogP contribution is -2.42. The van der Waals surface area contributed by atoms with Crippen LogP contribution in [0.25, 0.3) is 0 Å². The Labute approximate surface area is 116 Å². The van der Waals surface area contributed by atoms with E-state index in [4.69, 9.17) is 5.26 Å². The molecule has 1 fully saturated rings. The molecule has 18 heavy (non-hydrogen) atoms. The van der Waals surface area contributed by atoms with Gasteiger partial charge in [0.15, 0.2) is 0 Å². The summed E-state index contributed by atoms with van der Waals surface area (Å²) in [5.41, 5.74) is 0.646. The van der Waals surface area contributed by atoms with Crippen LogP contribution in [0.1, 0.15) is 18.4 Å². The second kappa shape index (κ2) is 5.68. The maximum absolute atomic E-state index is 9.17. The summed E-state index contributed by atoms with van der Waals surface area (Å²) in [7, 11) is 4.25. The third-order valence-corrected chi connectivity index (χ3v) is 3.88. The van der Waals surface area contributed by atoms with Gasteiger partial charge >= 0.3 is 0 Å². The smallest absolute Gasteiger partial charge is 0.146 e. The first kappa shape index (κ1) is 13.3. The van der Waals surface area contributed by atoms with Gasteiger partial charge < -0.3 is 9.80 Å². The molecule has 2 heterocycles. The lowest BCUT2D eigenvalue weighted by molar-refractivity contribution is 0.249. The Balaban J connectivity index is 2.13. The van der Waals surface area contributed by atoms with Crippen LogP contribution in [0.3, 0.4) is 0 Å². The summed E-state index contributed by atoms with van der Waals surface area (Å²) < 4.78 is 0.853. The number of hydrogen-bond acceptors (Lipinski definition) is 4. The second-order valence-electron chi connectivity index (χ2n) is 4.82. The average Bonchev–Trinajstić information content (AvgIpc) is 2.38. The summed E-state index contributed by atoms with van der Waals surface area (Å²) in [6.45, 7) is 1.93. The Bertz CT molecular complexity index is 459. The first-order chi connectivity index (χ1) is 8.61. The fourth-order valence-electron chi connectivity index (χ4n) is 2.36. The number of rotatable bonds is 2. The quantitative estimate of drug-likeness (QED) is 0.840. The number of aromatic nitrogens is 1. The van der Waals surface area contributed by atoms with Crippen molar-refractivity contribution in [2.45, 2.75) is 18.9 Å². The minimum Gasteiger partial charge on any atom is -0.355 e. The van der Waals surface area contributed by atoms with E-state index in [1.165, 1.54) is 0 Å². The van der Waals surface area contributed by atoms with Crippen LogP contribution in [0.4, 0.5) is 5.82 Å². The molecule has 5 heteroatoms. The Kier molecular flexibility index (Phi) is 4.20. The van der Waals surface area contributed by atoms with Gasteiger partial charge in [-0.1, -0.05) is 0 Å². The number of nitrogens with zero attached hydrogens (tertiary/aromatic N) is 4. The highest BCUT2D eigenvalue weighted by atomic mass is 79.9. The number of nitriles is 1. The van der Waals surface area contributed by atoms with Gasteiger partial charge in [0.1, 0.15) is 11.9 Å². The number of halogens is 1. The summed E-state index contributed by atoms with van der Waals surface area (Å²) in [6, 6.07) is 4.70. The van der Waals surface area contributed by atoms with Crippen molar-refractivity contribution in [3.63, 3.8) is 0 Å². The highest BCUT2D eigenvalue weighted by Crippen LogP contribution is 2.24. The van der Waals surface area contributed by atoms with Gasteiger partial charge in [-0.15, -0.1) is 0 Å². The number of anilines is 1. The third kappa shape index (κ3) is 2.82. The van der Waals surface area contributed by atoms with Gasteiger partial charge in [0.05, 0.1) is 5.56 Å². The largest absolute Gasteiger partial charge is 0.355 e. The molecule has 0 N–H and O–H groups in total. The van der Waals surface area contributed by atoms with Crippen molar-refractivity contribution in [2.75, 3.05) is 32.1 Å². The van der Waals surface area contributed by atoms with Crippen molar-refractivity contribution < 1.29 is 0 Å². The summed E-state index contributed by atoms with van der Waals surface area (Å²) in [6.07, 6.45) is 4.00. The van der Waals surface area contributed by atoms with Crippen LogP contribution in [0.15, 0.2) is 16.7 Å². The van der Waals surface area contributed by atoms with Crippen molar-refractivity contribution in [3.05, 3.63) is 22.3 Å². The minimum atomic E-state index is 0.641. The third-order valence-electron chi connectivity index (χ3n) is 3.45.